The van der Waals surface area contributed by atoms with Gasteiger partial charge in [-0.15, -0.1) is 0 Å². The van der Waals surface area contributed by atoms with Gasteiger partial charge < -0.3 is 24.8 Å². The number of rotatable bonds is 2. The Labute approximate surface area is 142 Å². The summed E-state index contributed by atoms with van der Waals surface area (Å²) in [4.78, 5) is 0. The van der Waals surface area contributed by atoms with Crippen molar-refractivity contribution >= 4 is 5.57 Å². The van der Waals surface area contributed by atoms with Crippen molar-refractivity contribution in [3.8, 4) is 0 Å². The Morgan fingerprint density at radius 2 is 1.95 bits per heavy atom. The topological polar surface area (TPSA) is 0 Å². The average Bonchev–Trinajstić information content (AvgIpc) is 2.96. The molecule has 97 valence electrons. The van der Waals surface area contributed by atoms with Gasteiger partial charge >= 0.3 is 118 Å². The van der Waals surface area contributed by atoms with Gasteiger partial charge in [0.05, 0.1) is 0 Å². The van der Waals surface area contributed by atoms with Crippen molar-refractivity contribution in [3.05, 3.63) is 64.8 Å². The molecule has 0 aromatic heterocycles. The molecule has 2 aliphatic carbocycles. The standard InChI is InChI=1S/C16H15.2ClH.Zr/c1-2-14-15-10-6-5-9-13(15)11-16(14)12-7-3-4-8-12;;;/h3-7,9-11H,2,8H2,1H3;2*1H;/q;;;+2/p-2. The number of benzene rings is 1. The van der Waals surface area contributed by atoms with Crippen LogP contribution in [0.2, 0.25) is 0 Å². The van der Waals surface area contributed by atoms with E-state index in [2.05, 4.69) is 49.4 Å². The first-order chi connectivity index (χ1) is 8.33. The SMILES string of the molecule is CCC1=C(C2=CC=CC2)[CH]([Zr+2])c2ccccc21.[Cl-].[Cl-]. The molecule has 0 aliphatic heterocycles. The van der Waals surface area contributed by atoms with E-state index in [4.69, 9.17) is 0 Å². The van der Waals surface area contributed by atoms with Crippen LogP contribution in [-0.2, 0) is 24.7 Å². The summed E-state index contributed by atoms with van der Waals surface area (Å²) < 4.78 is 0.652. The Hall–Kier alpha value is -0.0969. The zero-order chi connectivity index (χ0) is 11.8. The number of allylic oxidation sites excluding steroid dienone is 6. The van der Waals surface area contributed by atoms with Crippen LogP contribution in [0, 0.1) is 0 Å². The maximum Gasteiger partial charge on any atom is -1.00 e. The Morgan fingerprint density at radius 1 is 1.21 bits per heavy atom. The van der Waals surface area contributed by atoms with Crippen LogP contribution in [0.1, 0.15) is 34.5 Å². The largest absolute Gasteiger partial charge is 1.00 e. The molecule has 2 aliphatic rings. The van der Waals surface area contributed by atoms with Gasteiger partial charge in [-0.1, -0.05) is 0 Å². The van der Waals surface area contributed by atoms with Gasteiger partial charge in [-0.05, 0) is 0 Å². The van der Waals surface area contributed by atoms with Crippen molar-refractivity contribution in [3.63, 3.8) is 0 Å². The molecule has 0 amide bonds. The van der Waals surface area contributed by atoms with E-state index in [1.54, 1.807) is 47.0 Å². The predicted molar refractivity (Wildman–Crippen MR) is 68.2 cm³/mol. The average molecular weight is 369 g/mol. The normalized spacial score (nSPS) is 19.7. The molecule has 19 heavy (non-hydrogen) atoms. The fraction of sp³-hybridized carbons (Fsp3) is 0.250. The Bertz CT molecular complexity index is 556. The molecule has 0 heterocycles. The van der Waals surface area contributed by atoms with Gasteiger partial charge in [0, 0.05) is 0 Å². The number of halogens is 2. The molecule has 0 nitrogen and oxygen atoms in total. The van der Waals surface area contributed by atoms with Gasteiger partial charge in [0.1, 0.15) is 0 Å². The van der Waals surface area contributed by atoms with E-state index in [9.17, 15) is 0 Å². The molecule has 0 spiro atoms. The Morgan fingerprint density at radius 3 is 2.58 bits per heavy atom. The monoisotopic (exact) mass is 367 g/mol. The van der Waals surface area contributed by atoms with Crippen molar-refractivity contribution < 1.29 is 49.5 Å². The summed E-state index contributed by atoms with van der Waals surface area (Å²) in [6.45, 7) is 2.28. The third-order valence-corrected chi connectivity index (χ3v) is 5.16. The minimum Gasteiger partial charge on any atom is -1.00 e. The van der Waals surface area contributed by atoms with E-state index >= 15 is 0 Å². The maximum absolute atomic E-state index is 2.31. The molecule has 0 radical (unpaired) electrons. The third kappa shape index (κ3) is 2.84. The van der Waals surface area contributed by atoms with Crippen LogP contribution in [0.5, 0.6) is 0 Å². The molecular formula is C16H15Cl2Zr. The number of fused-ring (bicyclic) bond motifs is 1. The van der Waals surface area contributed by atoms with E-state index in [0.29, 0.717) is 3.63 Å². The van der Waals surface area contributed by atoms with Crippen LogP contribution < -0.4 is 24.8 Å². The second-order valence-electron chi connectivity index (χ2n) is 4.59. The van der Waals surface area contributed by atoms with Crippen LogP contribution in [0.4, 0.5) is 0 Å². The van der Waals surface area contributed by atoms with Gasteiger partial charge in [0.15, 0.2) is 0 Å². The van der Waals surface area contributed by atoms with E-state index in [1.165, 1.54) is 5.56 Å². The molecule has 0 saturated heterocycles. The summed E-state index contributed by atoms with van der Waals surface area (Å²) in [5.41, 5.74) is 7.79. The molecule has 3 heteroatoms. The number of hydrogen-bond acceptors (Lipinski definition) is 0. The minimum absolute atomic E-state index is 0. The van der Waals surface area contributed by atoms with Gasteiger partial charge in [-0.2, -0.15) is 0 Å². The summed E-state index contributed by atoms with van der Waals surface area (Å²) in [5.74, 6) is 0. The van der Waals surface area contributed by atoms with Crippen LogP contribution in [0.25, 0.3) is 5.57 Å². The first kappa shape index (κ1) is 17.0. The second-order valence-corrected chi connectivity index (χ2v) is 6.01. The molecule has 0 saturated carbocycles. The van der Waals surface area contributed by atoms with Crippen molar-refractivity contribution in [2.45, 2.75) is 23.4 Å². The van der Waals surface area contributed by atoms with Gasteiger partial charge in [0.2, 0.25) is 0 Å². The second kappa shape index (κ2) is 7.07. The zero-order valence-electron chi connectivity index (χ0n) is 10.8. The maximum atomic E-state index is 2.31. The van der Waals surface area contributed by atoms with Crippen LogP contribution >= 0.6 is 0 Å². The minimum atomic E-state index is 0. The first-order valence-electron chi connectivity index (χ1n) is 6.22. The Balaban J connectivity index is 0.000000902. The quantitative estimate of drug-likeness (QED) is 0.586. The third-order valence-electron chi connectivity index (χ3n) is 3.68. The summed E-state index contributed by atoms with van der Waals surface area (Å²) >= 11 is 1.61. The fourth-order valence-corrected chi connectivity index (χ4v) is 4.41. The smallest absolute Gasteiger partial charge is 1.00 e. The predicted octanol–water partition coefficient (Wildman–Crippen LogP) is -1.65. The molecule has 1 aromatic carbocycles. The van der Waals surface area contributed by atoms with Crippen LogP contribution in [0.3, 0.4) is 0 Å². The summed E-state index contributed by atoms with van der Waals surface area (Å²) in [6.07, 6.45) is 9.03. The van der Waals surface area contributed by atoms with Crippen LogP contribution in [0.15, 0.2) is 53.6 Å². The van der Waals surface area contributed by atoms with Crippen molar-refractivity contribution in [1.29, 1.82) is 0 Å². The molecule has 0 N–H and O–H groups in total. The summed E-state index contributed by atoms with van der Waals surface area (Å²) in [5, 5.41) is 0. The van der Waals surface area contributed by atoms with E-state index < -0.39 is 0 Å². The summed E-state index contributed by atoms with van der Waals surface area (Å²) in [7, 11) is 0. The fourth-order valence-electron chi connectivity index (χ4n) is 2.91. The Kier molecular flexibility index (Phi) is 6.31. The van der Waals surface area contributed by atoms with E-state index in [1.807, 2.05) is 0 Å². The van der Waals surface area contributed by atoms with Gasteiger partial charge in [-0.3, -0.25) is 0 Å². The van der Waals surface area contributed by atoms with E-state index in [-0.39, 0.29) is 24.8 Å². The molecule has 1 unspecified atom stereocenters. The molecule has 3 rings (SSSR count). The molecule has 0 bridgehead atoms. The first-order valence-corrected chi connectivity index (χ1v) is 7.64. The van der Waals surface area contributed by atoms with Crippen molar-refractivity contribution in [1.82, 2.24) is 0 Å². The molecule has 1 atom stereocenters. The van der Waals surface area contributed by atoms with Crippen molar-refractivity contribution in [2.75, 3.05) is 0 Å². The van der Waals surface area contributed by atoms with Crippen molar-refractivity contribution in [2.24, 2.45) is 0 Å². The van der Waals surface area contributed by atoms with Gasteiger partial charge in [-0.25, -0.2) is 0 Å². The van der Waals surface area contributed by atoms with Crippen LogP contribution in [-0.4, -0.2) is 0 Å². The van der Waals surface area contributed by atoms with E-state index in [0.717, 1.165) is 12.8 Å². The van der Waals surface area contributed by atoms with Gasteiger partial charge in [0.25, 0.3) is 0 Å². The number of hydrogen-bond donors (Lipinski definition) is 0. The molecule has 0 fully saturated rings. The molecular weight excluding hydrogens is 354 g/mol. The molecule has 1 aromatic rings. The zero-order valence-corrected chi connectivity index (χ0v) is 14.8. The summed E-state index contributed by atoms with van der Waals surface area (Å²) in [6, 6.07) is 8.94.